The molecular weight excluding hydrogens is 388 g/mol. The number of nitro benzene ring substituents is 1. The average Bonchev–Trinajstić information content (AvgIpc) is 3.12. The summed E-state index contributed by atoms with van der Waals surface area (Å²) in [5.74, 6) is -2.07. The molecule has 28 heavy (non-hydrogen) atoms. The van der Waals surface area contributed by atoms with E-state index in [1.807, 2.05) is 6.92 Å². The van der Waals surface area contributed by atoms with Crippen molar-refractivity contribution < 1.29 is 28.8 Å². The summed E-state index contributed by atoms with van der Waals surface area (Å²) < 4.78 is 10.4. The lowest BCUT2D eigenvalue weighted by molar-refractivity contribution is -0.384. The van der Waals surface area contributed by atoms with E-state index in [2.05, 4.69) is 10.1 Å². The van der Waals surface area contributed by atoms with Gasteiger partial charge in [-0.2, -0.15) is 0 Å². The maximum Gasteiger partial charge on any atom is 0.348 e. The Labute approximate surface area is 164 Å². The molecule has 0 saturated heterocycles. The van der Waals surface area contributed by atoms with E-state index in [1.165, 1.54) is 25.3 Å². The molecule has 0 bridgehead atoms. The Bertz CT molecular complexity index is 908. The number of hydrogen-bond donors (Lipinski definition) is 1. The van der Waals surface area contributed by atoms with Crippen molar-refractivity contribution >= 4 is 45.0 Å². The molecule has 9 nitrogen and oxygen atoms in total. The highest BCUT2D eigenvalue weighted by molar-refractivity contribution is 7.20. The first-order valence-corrected chi connectivity index (χ1v) is 9.30. The van der Waals surface area contributed by atoms with Gasteiger partial charge in [-0.3, -0.25) is 14.9 Å². The summed E-state index contributed by atoms with van der Waals surface area (Å²) in [6.07, 6.45) is 0.647. The molecule has 0 saturated carbocycles. The van der Waals surface area contributed by atoms with E-state index in [0.717, 1.165) is 11.3 Å². The van der Waals surface area contributed by atoms with Crippen LogP contribution < -0.4 is 5.32 Å². The Hall–Kier alpha value is -3.01. The maximum absolute atomic E-state index is 12.2. The Morgan fingerprint density at radius 2 is 2.00 bits per heavy atom. The van der Waals surface area contributed by atoms with Crippen molar-refractivity contribution in [3.63, 3.8) is 0 Å². The fourth-order valence-corrected chi connectivity index (χ4v) is 3.40. The smallest absolute Gasteiger partial charge is 0.348 e. The van der Waals surface area contributed by atoms with Gasteiger partial charge in [0.2, 0.25) is 0 Å². The molecule has 1 amide bonds. The fourth-order valence-electron chi connectivity index (χ4n) is 2.46. The van der Waals surface area contributed by atoms with Crippen LogP contribution >= 0.6 is 11.3 Å². The minimum absolute atomic E-state index is 0.0801. The first-order valence-electron chi connectivity index (χ1n) is 8.49. The lowest BCUT2D eigenvalue weighted by atomic mass is 9.99. The summed E-state index contributed by atoms with van der Waals surface area (Å²) in [6.45, 7) is 3.11. The Morgan fingerprint density at radius 1 is 1.29 bits per heavy atom. The van der Waals surface area contributed by atoms with Gasteiger partial charge >= 0.3 is 11.9 Å². The first-order chi connectivity index (χ1) is 13.3. The number of hydrogen-bond acceptors (Lipinski definition) is 8. The van der Waals surface area contributed by atoms with Crippen LogP contribution in [0.2, 0.25) is 0 Å². The maximum atomic E-state index is 12.2. The summed E-state index contributed by atoms with van der Waals surface area (Å²) in [5, 5.41) is 13.9. The molecule has 0 radical (unpaired) electrons. The predicted octanol–water partition coefficient (Wildman–Crippen LogP) is 2.67. The van der Waals surface area contributed by atoms with Crippen LogP contribution in [-0.4, -0.2) is 42.5 Å². The lowest BCUT2D eigenvalue weighted by Crippen LogP contribution is -2.47. The number of nitrogens with zero attached hydrogens (tertiary/aromatic N) is 1. The number of rotatable bonds is 8. The van der Waals surface area contributed by atoms with Crippen LogP contribution in [0.3, 0.4) is 0 Å². The van der Waals surface area contributed by atoms with Crippen molar-refractivity contribution in [2.75, 3.05) is 13.7 Å². The average molecular weight is 408 g/mol. The van der Waals surface area contributed by atoms with E-state index in [-0.39, 0.29) is 16.5 Å². The normalized spacial score (nSPS) is 12.8. The van der Waals surface area contributed by atoms with Crippen molar-refractivity contribution in [2.45, 2.75) is 26.3 Å². The van der Waals surface area contributed by atoms with Gasteiger partial charge < -0.3 is 14.8 Å². The number of nitrogens with one attached hydrogen (secondary N) is 1. The molecule has 0 unspecified atom stereocenters. The molecule has 1 aromatic carbocycles. The number of esters is 2. The van der Waals surface area contributed by atoms with Crippen LogP contribution in [-0.2, 0) is 19.1 Å². The van der Waals surface area contributed by atoms with Gasteiger partial charge in [-0.1, -0.05) is 20.3 Å². The number of methoxy groups -OCH3 is 1. The van der Waals surface area contributed by atoms with Gasteiger partial charge in [-0.15, -0.1) is 11.3 Å². The first kappa shape index (κ1) is 21.3. The van der Waals surface area contributed by atoms with Gasteiger partial charge in [0.15, 0.2) is 6.61 Å². The monoisotopic (exact) mass is 408 g/mol. The molecule has 1 aromatic heterocycles. The van der Waals surface area contributed by atoms with E-state index >= 15 is 0 Å². The van der Waals surface area contributed by atoms with Crippen LogP contribution in [0.5, 0.6) is 0 Å². The molecule has 2 rings (SSSR count). The molecule has 150 valence electrons. The van der Waals surface area contributed by atoms with Gasteiger partial charge in [0.25, 0.3) is 11.6 Å². The van der Waals surface area contributed by atoms with Crippen LogP contribution in [0.1, 0.15) is 29.9 Å². The molecule has 1 heterocycles. The van der Waals surface area contributed by atoms with E-state index in [9.17, 15) is 24.5 Å². The third-order valence-corrected chi connectivity index (χ3v) is 5.33. The second-order valence-corrected chi connectivity index (χ2v) is 7.20. The third kappa shape index (κ3) is 5.03. The molecule has 0 aliphatic carbocycles. The van der Waals surface area contributed by atoms with E-state index in [0.29, 0.717) is 16.5 Å². The number of nitro groups is 1. The number of benzene rings is 1. The Kier molecular flexibility index (Phi) is 7.05. The zero-order valence-corrected chi connectivity index (χ0v) is 16.4. The zero-order valence-electron chi connectivity index (χ0n) is 15.6. The topological polar surface area (TPSA) is 125 Å². The van der Waals surface area contributed by atoms with E-state index < -0.39 is 35.4 Å². The summed E-state index contributed by atoms with van der Waals surface area (Å²) in [7, 11) is 1.23. The van der Waals surface area contributed by atoms with Gasteiger partial charge in [0.1, 0.15) is 10.9 Å². The van der Waals surface area contributed by atoms with Crippen molar-refractivity contribution in [3.8, 4) is 0 Å². The van der Waals surface area contributed by atoms with E-state index in [1.54, 1.807) is 13.0 Å². The minimum Gasteiger partial charge on any atom is -0.467 e. The quantitative estimate of drug-likeness (QED) is 0.404. The van der Waals surface area contributed by atoms with Gasteiger partial charge in [-0.05, 0) is 18.1 Å². The third-order valence-electron chi connectivity index (χ3n) is 4.23. The summed E-state index contributed by atoms with van der Waals surface area (Å²) in [4.78, 5) is 46.6. The van der Waals surface area contributed by atoms with Crippen molar-refractivity contribution in [1.82, 2.24) is 5.32 Å². The lowest BCUT2D eigenvalue weighted by Gasteiger charge is -2.21. The fraction of sp³-hybridized carbons (Fsp3) is 0.389. The molecule has 0 aliphatic heterocycles. The van der Waals surface area contributed by atoms with Crippen LogP contribution in [0, 0.1) is 16.0 Å². The summed E-state index contributed by atoms with van der Waals surface area (Å²) in [5.41, 5.74) is -0.0801. The molecule has 2 atom stereocenters. The molecule has 0 aliphatic rings. The highest BCUT2D eigenvalue weighted by Crippen LogP contribution is 2.29. The highest BCUT2D eigenvalue weighted by atomic mass is 32.1. The predicted molar refractivity (Wildman–Crippen MR) is 102 cm³/mol. The minimum atomic E-state index is -0.828. The molecule has 10 heteroatoms. The molecular formula is C18H20N2O7S. The Morgan fingerprint density at radius 3 is 2.61 bits per heavy atom. The van der Waals surface area contributed by atoms with Gasteiger partial charge in [0.05, 0.1) is 12.0 Å². The number of thiophene rings is 1. The summed E-state index contributed by atoms with van der Waals surface area (Å²) >= 11 is 1.11. The van der Waals surface area contributed by atoms with Gasteiger partial charge in [0, 0.05) is 22.2 Å². The number of fused-ring (bicyclic) bond motifs is 1. The van der Waals surface area contributed by atoms with Crippen molar-refractivity contribution in [2.24, 2.45) is 5.92 Å². The van der Waals surface area contributed by atoms with Crippen molar-refractivity contribution in [1.29, 1.82) is 0 Å². The number of ether oxygens (including phenoxy) is 2. The molecule has 1 N–H and O–H groups in total. The van der Waals surface area contributed by atoms with Crippen LogP contribution in [0.15, 0.2) is 24.3 Å². The second kappa shape index (κ2) is 9.27. The standard InChI is InChI=1S/C18H20N2O7S/c1-4-10(2)16(18(23)26-3)19-15(21)9-27-17(22)14-8-11-7-12(20(24)25)5-6-13(11)28-14/h5-8,10,16H,4,9H2,1-3H3,(H,19,21)/t10-,16-/m0/s1. The summed E-state index contributed by atoms with van der Waals surface area (Å²) in [6, 6.07) is 4.91. The highest BCUT2D eigenvalue weighted by Gasteiger charge is 2.27. The number of carbonyl (C=O) groups excluding carboxylic acids is 3. The SMILES string of the molecule is CC[C@H](C)[C@H](NC(=O)COC(=O)c1cc2cc([N+](=O)[O-])ccc2s1)C(=O)OC. The Balaban J connectivity index is 2.00. The van der Waals surface area contributed by atoms with Crippen LogP contribution in [0.4, 0.5) is 5.69 Å². The van der Waals surface area contributed by atoms with Gasteiger partial charge in [-0.25, -0.2) is 9.59 Å². The molecule has 2 aromatic rings. The molecule has 0 fully saturated rings. The largest absolute Gasteiger partial charge is 0.467 e. The number of carbonyl (C=O) groups is 3. The van der Waals surface area contributed by atoms with Crippen LogP contribution in [0.25, 0.3) is 10.1 Å². The second-order valence-electron chi connectivity index (χ2n) is 6.12. The van der Waals surface area contributed by atoms with E-state index in [4.69, 9.17) is 4.74 Å². The number of amides is 1. The zero-order chi connectivity index (χ0) is 20.8. The molecule has 0 spiro atoms. The number of non-ortho nitro benzene ring substituents is 1. The van der Waals surface area contributed by atoms with Crippen molar-refractivity contribution in [3.05, 3.63) is 39.3 Å².